The molecule has 7 nitrogen and oxygen atoms in total. The lowest BCUT2D eigenvalue weighted by atomic mass is 10.2. The maximum Gasteiger partial charge on any atom is 0.419 e. The molecular weight excluding hydrogens is 355 g/mol. The van der Waals surface area contributed by atoms with E-state index in [2.05, 4.69) is 0 Å². The Bertz CT molecular complexity index is 1030. The van der Waals surface area contributed by atoms with Gasteiger partial charge in [-0.3, -0.25) is 4.79 Å². The molecule has 1 aliphatic heterocycles. The molecule has 27 heavy (non-hydrogen) atoms. The Labute approximate surface area is 154 Å². The summed E-state index contributed by atoms with van der Waals surface area (Å²) in [5.74, 6) is -0.626. The van der Waals surface area contributed by atoms with E-state index in [9.17, 15) is 14.0 Å². The van der Waals surface area contributed by atoms with Gasteiger partial charge in [0.1, 0.15) is 5.82 Å². The number of carbonyl (C=O) groups is 2. The number of halogens is 1. The van der Waals surface area contributed by atoms with Crippen LogP contribution in [-0.4, -0.2) is 53.9 Å². The summed E-state index contributed by atoms with van der Waals surface area (Å²) in [6.07, 6.45) is -0.998. The van der Waals surface area contributed by atoms with E-state index >= 15 is 0 Å². The van der Waals surface area contributed by atoms with E-state index in [1.165, 1.54) is 28.8 Å². The van der Waals surface area contributed by atoms with Crippen molar-refractivity contribution in [2.75, 3.05) is 26.3 Å². The summed E-state index contributed by atoms with van der Waals surface area (Å²) in [6.45, 7) is 5.35. The molecule has 0 unspecified atom stereocenters. The van der Waals surface area contributed by atoms with Gasteiger partial charge in [-0.05, 0) is 32.0 Å². The Morgan fingerprint density at radius 3 is 2.59 bits per heavy atom. The number of rotatable bonds is 2. The van der Waals surface area contributed by atoms with Gasteiger partial charge in [0.2, 0.25) is 0 Å². The molecule has 0 radical (unpaired) electrons. The number of hydrogen-bond acceptors (Lipinski definition) is 5. The lowest BCUT2D eigenvalue weighted by Gasteiger charge is -2.25. The highest BCUT2D eigenvalue weighted by Crippen LogP contribution is 2.33. The first-order chi connectivity index (χ1) is 13.0. The number of morpholine rings is 1. The van der Waals surface area contributed by atoms with E-state index in [4.69, 9.17) is 13.9 Å². The van der Waals surface area contributed by atoms with Crippen molar-refractivity contribution in [3.8, 4) is 0 Å². The first-order valence-corrected chi connectivity index (χ1v) is 8.77. The lowest BCUT2D eigenvalue weighted by molar-refractivity contribution is 0.0284. The zero-order valence-electron chi connectivity index (χ0n) is 15.0. The summed E-state index contributed by atoms with van der Waals surface area (Å²) < 4.78 is 31.3. The molecule has 4 rings (SSSR count). The zero-order chi connectivity index (χ0) is 19.1. The van der Waals surface area contributed by atoms with E-state index in [0.29, 0.717) is 48.3 Å². The van der Waals surface area contributed by atoms with Crippen LogP contribution in [0.3, 0.4) is 0 Å². The smallest absolute Gasteiger partial charge is 0.419 e. The fourth-order valence-electron chi connectivity index (χ4n) is 3.23. The van der Waals surface area contributed by atoms with Crippen LogP contribution in [0.5, 0.6) is 0 Å². The topological polar surface area (TPSA) is 73.9 Å². The van der Waals surface area contributed by atoms with Crippen molar-refractivity contribution in [3.05, 3.63) is 35.8 Å². The summed E-state index contributed by atoms with van der Waals surface area (Å²) in [7, 11) is 0. The molecule has 8 heteroatoms. The third-order valence-corrected chi connectivity index (χ3v) is 4.43. The minimum atomic E-state index is -0.651. The van der Waals surface area contributed by atoms with E-state index in [0.717, 1.165) is 0 Å². The monoisotopic (exact) mass is 374 g/mol. The van der Waals surface area contributed by atoms with Gasteiger partial charge in [0.25, 0.3) is 5.91 Å². The molecule has 1 aliphatic rings. The highest BCUT2D eigenvalue weighted by atomic mass is 19.1. The molecule has 1 amide bonds. The largest absolute Gasteiger partial charge is 0.449 e. The van der Waals surface area contributed by atoms with E-state index < -0.39 is 11.9 Å². The molecule has 1 aromatic carbocycles. The molecule has 0 N–H and O–H groups in total. The predicted molar refractivity (Wildman–Crippen MR) is 95.4 cm³/mol. The number of nitrogens with zero attached hydrogens (tertiary/aromatic N) is 2. The fourth-order valence-corrected chi connectivity index (χ4v) is 3.23. The quantitative estimate of drug-likeness (QED) is 0.687. The van der Waals surface area contributed by atoms with Crippen LogP contribution in [0.1, 0.15) is 24.4 Å². The van der Waals surface area contributed by atoms with Crippen molar-refractivity contribution < 1.29 is 27.9 Å². The third kappa shape index (κ3) is 3.06. The van der Waals surface area contributed by atoms with Gasteiger partial charge in [0.15, 0.2) is 11.3 Å². The first kappa shape index (κ1) is 17.5. The van der Waals surface area contributed by atoms with Gasteiger partial charge in [-0.2, -0.15) is 0 Å². The number of hydrogen-bond donors (Lipinski definition) is 0. The van der Waals surface area contributed by atoms with E-state index in [1.807, 2.05) is 0 Å². The van der Waals surface area contributed by atoms with Crippen LogP contribution in [0, 0.1) is 5.82 Å². The second-order valence-corrected chi connectivity index (χ2v) is 6.66. The van der Waals surface area contributed by atoms with Crippen LogP contribution in [0.4, 0.5) is 9.18 Å². The molecule has 1 fully saturated rings. The van der Waals surface area contributed by atoms with Gasteiger partial charge >= 0.3 is 6.09 Å². The number of carbonyl (C=O) groups excluding carboxylic acids is 2. The highest BCUT2D eigenvalue weighted by Gasteiger charge is 2.27. The predicted octanol–water partition coefficient (Wildman–Crippen LogP) is 3.39. The van der Waals surface area contributed by atoms with Gasteiger partial charge < -0.3 is 18.8 Å². The lowest BCUT2D eigenvalue weighted by Crippen LogP contribution is -2.40. The van der Waals surface area contributed by atoms with Crippen molar-refractivity contribution in [1.29, 1.82) is 0 Å². The van der Waals surface area contributed by atoms with Crippen molar-refractivity contribution >= 4 is 34.0 Å². The summed E-state index contributed by atoms with van der Waals surface area (Å²) >= 11 is 0. The van der Waals surface area contributed by atoms with Crippen molar-refractivity contribution in [2.24, 2.45) is 0 Å². The molecule has 0 aliphatic carbocycles. The molecule has 0 saturated carbocycles. The number of aromatic nitrogens is 1. The Balaban J connectivity index is 1.84. The van der Waals surface area contributed by atoms with Crippen LogP contribution in [0.25, 0.3) is 22.0 Å². The van der Waals surface area contributed by atoms with Gasteiger partial charge in [-0.15, -0.1) is 0 Å². The molecule has 0 atom stereocenters. The first-order valence-electron chi connectivity index (χ1n) is 8.77. The summed E-state index contributed by atoms with van der Waals surface area (Å²) in [4.78, 5) is 26.9. The van der Waals surface area contributed by atoms with Crippen LogP contribution < -0.4 is 0 Å². The second kappa shape index (κ2) is 6.70. The molecule has 1 saturated heterocycles. The Morgan fingerprint density at radius 1 is 1.15 bits per heavy atom. The van der Waals surface area contributed by atoms with Gasteiger partial charge in [-0.1, -0.05) is 0 Å². The standard InChI is InChI=1S/C19H19FN2O5/c1-11(2)26-19(24)22-14-9-12(20)3-4-13(14)17-15(22)10-16(27-17)18(23)21-5-7-25-8-6-21/h3-4,9-11H,5-8H2,1-2H3. The minimum Gasteiger partial charge on any atom is -0.449 e. The Morgan fingerprint density at radius 2 is 1.89 bits per heavy atom. The van der Waals surface area contributed by atoms with Crippen LogP contribution in [0.2, 0.25) is 0 Å². The fraction of sp³-hybridized carbons (Fsp3) is 0.368. The number of fused-ring (bicyclic) bond motifs is 3. The third-order valence-electron chi connectivity index (χ3n) is 4.43. The molecule has 3 aromatic rings. The van der Waals surface area contributed by atoms with E-state index in [-0.39, 0.29) is 17.8 Å². The maximum atomic E-state index is 13.8. The highest BCUT2D eigenvalue weighted by molar-refractivity contribution is 6.11. The summed E-state index contributed by atoms with van der Waals surface area (Å²) in [5.41, 5.74) is 1.06. The number of ether oxygens (including phenoxy) is 2. The second-order valence-electron chi connectivity index (χ2n) is 6.66. The van der Waals surface area contributed by atoms with Crippen LogP contribution in [0.15, 0.2) is 28.7 Å². The average molecular weight is 374 g/mol. The van der Waals surface area contributed by atoms with Gasteiger partial charge in [0.05, 0.1) is 30.4 Å². The Hall–Kier alpha value is -2.87. The average Bonchev–Trinajstić information content (AvgIpc) is 3.17. The maximum absolute atomic E-state index is 13.8. The minimum absolute atomic E-state index is 0.124. The molecule has 0 spiro atoms. The van der Waals surface area contributed by atoms with E-state index in [1.54, 1.807) is 18.7 Å². The number of furan rings is 1. The molecule has 3 heterocycles. The molecule has 142 valence electrons. The normalized spacial score (nSPS) is 15.0. The molecule has 2 aromatic heterocycles. The number of amides is 1. The van der Waals surface area contributed by atoms with Crippen molar-refractivity contribution in [2.45, 2.75) is 20.0 Å². The number of benzene rings is 1. The molecular formula is C19H19FN2O5. The zero-order valence-corrected chi connectivity index (χ0v) is 15.0. The summed E-state index contributed by atoms with van der Waals surface area (Å²) in [5, 5.41) is 0.535. The molecule has 0 bridgehead atoms. The van der Waals surface area contributed by atoms with Gasteiger partial charge in [-0.25, -0.2) is 13.8 Å². The van der Waals surface area contributed by atoms with Crippen LogP contribution >= 0.6 is 0 Å². The van der Waals surface area contributed by atoms with Gasteiger partial charge in [0, 0.05) is 24.5 Å². The van der Waals surface area contributed by atoms with Crippen molar-refractivity contribution in [1.82, 2.24) is 9.47 Å². The van der Waals surface area contributed by atoms with Crippen LogP contribution in [-0.2, 0) is 9.47 Å². The summed E-state index contributed by atoms with van der Waals surface area (Å²) in [6, 6.07) is 5.56. The van der Waals surface area contributed by atoms with Crippen molar-refractivity contribution in [3.63, 3.8) is 0 Å². The Kier molecular flexibility index (Phi) is 4.35. The SMILES string of the molecule is CC(C)OC(=O)n1c2cc(F)ccc2c2oc(C(=O)N3CCOCC3)cc21.